The monoisotopic (exact) mass is 301 g/mol. The van der Waals surface area contributed by atoms with Crippen molar-refractivity contribution in [3.05, 3.63) is 23.9 Å². The van der Waals surface area contributed by atoms with Gasteiger partial charge in [-0.25, -0.2) is 0 Å². The van der Waals surface area contributed by atoms with Gasteiger partial charge in [-0.3, -0.25) is 9.89 Å². The maximum Gasteiger partial charge on any atom is 0.219 e. The molecule has 5 nitrogen and oxygen atoms in total. The second-order valence-electron chi connectivity index (χ2n) is 6.04. The zero-order valence-electron chi connectivity index (χ0n) is 13.2. The first-order chi connectivity index (χ1) is 10.7. The summed E-state index contributed by atoms with van der Waals surface area (Å²) < 4.78 is 6.22. The summed E-state index contributed by atoms with van der Waals surface area (Å²) in [7, 11) is 0. The van der Waals surface area contributed by atoms with E-state index in [1.165, 1.54) is 0 Å². The molecule has 0 unspecified atom stereocenters. The van der Waals surface area contributed by atoms with Crippen LogP contribution in [0.3, 0.4) is 0 Å². The Morgan fingerprint density at radius 3 is 3.14 bits per heavy atom. The van der Waals surface area contributed by atoms with E-state index in [-0.39, 0.29) is 18.1 Å². The van der Waals surface area contributed by atoms with Gasteiger partial charge in [-0.1, -0.05) is 6.92 Å². The lowest BCUT2D eigenvalue weighted by Crippen LogP contribution is -2.41. The van der Waals surface area contributed by atoms with Crippen LogP contribution in [-0.2, 0) is 4.79 Å². The summed E-state index contributed by atoms with van der Waals surface area (Å²) in [6, 6.07) is 4.25. The highest BCUT2D eigenvalue weighted by molar-refractivity contribution is 5.83. The molecule has 1 aromatic carbocycles. The zero-order valence-corrected chi connectivity index (χ0v) is 13.2. The molecule has 1 saturated carbocycles. The fourth-order valence-corrected chi connectivity index (χ4v) is 3.16. The van der Waals surface area contributed by atoms with Crippen LogP contribution in [0.25, 0.3) is 10.9 Å². The first-order valence-corrected chi connectivity index (χ1v) is 8.06. The molecule has 3 rings (SSSR count). The van der Waals surface area contributed by atoms with Crippen LogP contribution in [0.15, 0.2) is 18.3 Å². The van der Waals surface area contributed by atoms with Gasteiger partial charge in [0.2, 0.25) is 5.91 Å². The number of hydrogen-bond acceptors (Lipinski definition) is 3. The lowest BCUT2D eigenvalue weighted by atomic mass is 9.92. The van der Waals surface area contributed by atoms with Gasteiger partial charge >= 0.3 is 0 Å². The lowest BCUT2D eigenvalue weighted by Gasteiger charge is -2.30. The Kier molecular flexibility index (Phi) is 4.32. The van der Waals surface area contributed by atoms with Crippen LogP contribution in [0.4, 0.5) is 0 Å². The number of rotatable bonds is 4. The number of ether oxygens (including phenoxy) is 1. The number of nitrogens with one attached hydrogen (secondary N) is 2. The largest absolute Gasteiger partial charge is 0.490 e. The molecule has 5 heteroatoms. The van der Waals surface area contributed by atoms with Gasteiger partial charge in [0.1, 0.15) is 11.9 Å². The number of aryl methyl sites for hydroxylation is 1. The average molecular weight is 301 g/mol. The van der Waals surface area contributed by atoms with E-state index in [2.05, 4.69) is 22.4 Å². The molecule has 1 aromatic heterocycles. The van der Waals surface area contributed by atoms with Gasteiger partial charge in [-0.15, -0.1) is 0 Å². The van der Waals surface area contributed by atoms with Crippen LogP contribution < -0.4 is 10.1 Å². The Hall–Kier alpha value is -2.04. The number of H-pyrrole nitrogens is 1. The molecule has 0 bridgehead atoms. The Bertz CT molecular complexity index is 665. The first kappa shape index (κ1) is 14.9. The minimum absolute atomic E-state index is 0.127. The van der Waals surface area contributed by atoms with Gasteiger partial charge in [0.05, 0.1) is 11.7 Å². The number of nitrogens with zero attached hydrogens (tertiary/aromatic N) is 1. The minimum atomic E-state index is 0.127. The third-order valence-electron chi connectivity index (χ3n) is 4.45. The summed E-state index contributed by atoms with van der Waals surface area (Å²) in [5.74, 6) is 1.04. The van der Waals surface area contributed by atoms with E-state index < -0.39 is 0 Å². The van der Waals surface area contributed by atoms with E-state index in [1.807, 2.05) is 25.3 Å². The van der Waals surface area contributed by atoms with Crippen molar-refractivity contribution in [3.63, 3.8) is 0 Å². The third kappa shape index (κ3) is 3.08. The van der Waals surface area contributed by atoms with E-state index >= 15 is 0 Å². The van der Waals surface area contributed by atoms with Crippen molar-refractivity contribution in [1.82, 2.24) is 15.5 Å². The van der Waals surface area contributed by atoms with Crippen molar-refractivity contribution < 1.29 is 9.53 Å². The van der Waals surface area contributed by atoms with Crippen molar-refractivity contribution in [3.8, 4) is 5.75 Å². The van der Waals surface area contributed by atoms with Crippen LogP contribution in [-0.4, -0.2) is 28.3 Å². The van der Waals surface area contributed by atoms with Gasteiger partial charge in [-0.2, -0.15) is 5.10 Å². The molecule has 2 aromatic rings. The Labute approximate surface area is 130 Å². The molecule has 2 N–H and O–H groups in total. The normalized spacial score (nSPS) is 21.7. The molecular formula is C17H23N3O2. The predicted molar refractivity (Wildman–Crippen MR) is 85.9 cm³/mol. The lowest BCUT2D eigenvalue weighted by molar-refractivity contribution is -0.121. The second-order valence-corrected chi connectivity index (χ2v) is 6.04. The van der Waals surface area contributed by atoms with Gasteiger partial charge in [0.15, 0.2) is 0 Å². The van der Waals surface area contributed by atoms with Crippen molar-refractivity contribution >= 4 is 16.8 Å². The molecule has 1 aliphatic rings. The maximum atomic E-state index is 11.6. The number of carbonyl (C=O) groups excluding carboxylic acids is 1. The van der Waals surface area contributed by atoms with Crippen molar-refractivity contribution in [1.29, 1.82) is 0 Å². The van der Waals surface area contributed by atoms with E-state index in [1.54, 1.807) is 0 Å². The summed E-state index contributed by atoms with van der Waals surface area (Å²) in [5.41, 5.74) is 2.15. The number of aromatic amines is 1. The fraction of sp³-hybridized carbons (Fsp3) is 0.529. The van der Waals surface area contributed by atoms with Crippen LogP contribution in [0.5, 0.6) is 5.75 Å². The molecule has 0 spiro atoms. The van der Waals surface area contributed by atoms with Crippen LogP contribution in [0.1, 0.15) is 44.6 Å². The first-order valence-electron chi connectivity index (χ1n) is 8.06. The van der Waals surface area contributed by atoms with Crippen molar-refractivity contribution in [2.24, 2.45) is 0 Å². The summed E-state index contributed by atoms with van der Waals surface area (Å²) in [6.07, 6.45) is 6.60. The maximum absolute atomic E-state index is 11.6. The quantitative estimate of drug-likeness (QED) is 0.912. The zero-order chi connectivity index (χ0) is 15.5. The molecule has 1 heterocycles. The van der Waals surface area contributed by atoms with Crippen molar-refractivity contribution in [2.45, 2.75) is 58.1 Å². The molecule has 1 amide bonds. The number of carbonyl (C=O) groups is 1. The summed E-state index contributed by atoms with van der Waals surface area (Å²) in [4.78, 5) is 11.6. The van der Waals surface area contributed by atoms with Gasteiger partial charge in [0.25, 0.3) is 0 Å². The van der Waals surface area contributed by atoms with Gasteiger partial charge in [0, 0.05) is 29.8 Å². The number of aromatic nitrogens is 2. The topological polar surface area (TPSA) is 67.0 Å². The van der Waals surface area contributed by atoms with E-state index in [0.717, 1.165) is 47.9 Å². The highest BCUT2D eigenvalue weighted by Crippen LogP contribution is 2.30. The smallest absolute Gasteiger partial charge is 0.219 e. The molecule has 22 heavy (non-hydrogen) atoms. The standard InChI is InChI=1S/C17H23N3O2/c1-3-17(21)19-12-5-4-6-13(9-12)22-16-8-7-15-14(11(16)2)10-18-20-15/h7-8,10,12-13H,3-6,9H2,1-2H3,(H,18,20)(H,19,21)/t12-,13-/m1/s1. The Balaban J connectivity index is 1.68. The number of hydrogen-bond donors (Lipinski definition) is 2. The molecule has 1 aliphatic carbocycles. The van der Waals surface area contributed by atoms with Crippen molar-refractivity contribution in [2.75, 3.05) is 0 Å². The van der Waals surface area contributed by atoms with Crippen LogP contribution in [0, 0.1) is 6.92 Å². The molecule has 0 aliphatic heterocycles. The molecule has 118 valence electrons. The number of benzene rings is 1. The fourth-order valence-electron chi connectivity index (χ4n) is 3.16. The average Bonchev–Trinajstić information content (AvgIpc) is 3.00. The predicted octanol–water partition coefficient (Wildman–Crippen LogP) is 3.09. The highest BCUT2D eigenvalue weighted by Gasteiger charge is 2.24. The Morgan fingerprint density at radius 1 is 1.45 bits per heavy atom. The van der Waals surface area contributed by atoms with E-state index in [4.69, 9.17) is 4.74 Å². The summed E-state index contributed by atoms with van der Waals surface area (Å²) in [5, 5.41) is 11.2. The Morgan fingerprint density at radius 2 is 2.32 bits per heavy atom. The van der Waals surface area contributed by atoms with Crippen LogP contribution in [0.2, 0.25) is 0 Å². The van der Waals surface area contributed by atoms with E-state index in [9.17, 15) is 4.79 Å². The number of amides is 1. The molecule has 0 saturated heterocycles. The van der Waals surface area contributed by atoms with E-state index in [0.29, 0.717) is 6.42 Å². The molecule has 2 atom stereocenters. The van der Waals surface area contributed by atoms with Crippen LogP contribution >= 0.6 is 0 Å². The molecular weight excluding hydrogens is 278 g/mol. The summed E-state index contributed by atoms with van der Waals surface area (Å²) in [6.45, 7) is 3.95. The number of fused-ring (bicyclic) bond motifs is 1. The minimum Gasteiger partial charge on any atom is -0.490 e. The third-order valence-corrected chi connectivity index (χ3v) is 4.45. The van der Waals surface area contributed by atoms with Gasteiger partial charge < -0.3 is 10.1 Å². The van der Waals surface area contributed by atoms with Gasteiger partial charge in [-0.05, 0) is 38.3 Å². The highest BCUT2D eigenvalue weighted by atomic mass is 16.5. The summed E-state index contributed by atoms with van der Waals surface area (Å²) >= 11 is 0. The second kappa shape index (κ2) is 6.38. The molecule has 0 radical (unpaired) electrons. The SMILES string of the molecule is CCC(=O)N[C@@H]1CCC[C@@H](Oc2ccc3[nH]ncc3c2C)C1. The molecule has 1 fully saturated rings.